The smallest absolute Gasteiger partial charge is 0.0541 e. The highest BCUT2D eigenvalue weighted by Crippen LogP contribution is 2.45. The van der Waals surface area contributed by atoms with Crippen molar-refractivity contribution >= 4 is 46.3 Å². The van der Waals surface area contributed by atoms with Gasteiger partial charge in [-0.3, -0.25) is 0 Å². The topological polar surface area (TPSA) is 12.0 Å². The van der Waals surface area contributed by atoms with Gasteiger partial charge in [0.2, 0.25) is 0 Å². The Morgan fingerprint density at radius 3 is 1.81 bits per heavy atom. The Labute approximate surface area is 108 Å². The molecular weight excluding hydrogens is 261 g/mol. The van der Waals surface area contributed by atoms with Crippen LogP contribution in [0.25, 0.3) is 0 Å². The highest BCUT2D eigenvalue weighted by molar-refractivity contribution is 7.99. The molecule has 1 aliphatic heterocycles. The number of hydrogen-bond donors (Lipinski definition) is 1. The van der Waals surface area contributed by atoms with Gasteiger partial charge < -0.3 is 5.32 Å². The van der Waals surface area contributed by atoms with E-state index in [-0.39, 0.29) is 0 Å². The van der Waals surface area contributed by atoms with Gasteiger partial charge in [0.25, 0.3) is 0 Å². The van der Waals surface area contributed by atoms with E-state index in [0.717, 1.165) is 21.4 Å². The first-order chi connectivity index (χ1) is 7.72. The van der Waals surface area contributed by atoms with Crippen LogP contribution in [0.3, 0.4) is 0 Å². The lowest BCUT2D eigenvalue weighted by molar-refractivity contribution is 1.32. The Hall–Kier alpha value is -0.830. The number of fused-ring (bicyclic) bond motifs is 2. The molecule has 1 N–H and O–H groups in total. The highest BCUT2D eigenvalue weighted by Gasteiger charge is 2.15. The predicted octanol–water partition coefficient (Wildman–Crippen LogP) is 5.20. The van der Waals surface area contributed by atoms with Crippen molar-refractivity contribution in [1.82, 2.24) is 0 Å². The van der Waals surface area contributed by atoms with Crippen LogP contribution in [0, 0.1) is 0 Å². The van der Waals surface area contributed by atoms with Crippen molar-refractivity contribution in [2.75, 3.05) is 5.32 Å². The lowest BCUT2D eigenvalue weighted by Crippen LogP contribution is -1.99. The largest absolute Gasteiger partial charge is 0.354 e. The van der Waals surface area contributed by atoms with E-state index in [4.69, 9.17) is 23.2 Å². The molecule has 1 nitrogen and oxygen atoms in total. The Morgan fingerprint density at radius 1 is 0.812 bits per heavy atom. The molecule has 3 rings (SSSR count). The maximum Gasteiger partial charge on any atom is 0.0541 e. The number of anilines is 2. The third-order valence-electron chi connectivity index (χ3n) is 2.37. The second kappa shape index (κ2) is 3.88. The Kier molecular flexibility index (Phi) is 2.51. The maximum atomic E-state index is 5.96. The number of halogens is 2. The van der Waals surface area contributed by atoms with Gasteiger partial charge in [-0.15, -0.1) is 0 Å². The van der Waals surface area contributed by atoms with Gasteiger partial charge in [-0.1, -0.05) is 35.0 Å². The van der Waals surface area contributed by atoms with E-state index in [1.54, 1.807) is 11.8 Å². The van der Waals surface area contributed by atoms with Crippen LogP contribution in [0.5, 0.6) is 0 Å². The van der Waals surface area contributed by atoms with Gasteiger partial charge in [0, 0.05) is 19.8 Å². The molecule has 0 bridgehead atoms. The van der Waals surface area contributed by atoms with Gasteiger partial charge in [-0.2, -0.15) is 0 Å². The van der Waals surface area contributed by atoms with Crippen molar-refractivity contribution in [3.8, 4) is 0 Å². The fourth-order valence-electron chi connectivity index (χ4n) is 1.64. The summed E-state index contributed by atoms with van der Waals surface area (Å²) in [5.41, 5.74) is 2.07. The number of benzene rings is 2. The van der Waals surface area contributed by atoms with Crippen molar-refractivity contribution in [2.24, 2.45) is 0 Å². The fraction of sp³-hybridized carbons (Fsp3) is 0. The summed E-state index contributed by atoms with van der Waals surface area (Å²) in [5, 5.41) is 4.80. The summed E-state index contributed by atoms with van der Waals surface area (Å²) in [4.78, 5) is 2.36. The molecule has 0 fully saturated rings. The first-order valence-corrected chi connectivity index (χ1v) is 6.33. The van der Waals surface area contributed by atoms with Crippen LogP contribution in [0.2, 0.25) is 10.0 Å². The quantitative estimate of drug-likeness (QED) is 0.601. The number of nitrogens with one attached hydrogen (secondary N) is 1. The summed E-state index contributed by atoms with van der Waals surface area (Å²) in [6.07, 6.45) is 0. The van der Waals surface area contributed by atoms with Gasteiger partial charge in [-0.05, 0) is 36.4 Å². The molecule has 0 aliphatic carbocycles. The second-order valence-electron chi connectivity index (χ2n) is 3.51. The average Bonchev–Trinajstić information content (AvgIpc) is 2.26. The summed E-state index contributed by atoms with van der Waals surface area (Å²) < 4.78 is 0. The van der Waals surface area contributed by atoms with Gasteiger partial charge in [0.1, 0.15) is 0 Å². The van der Waals surface area contributed by atoms with Crippen molar-refractivity contribution in [2.45, 2.75) is 9.79 Å². The minimum Gasteiger partial charge on any atom is -0.354 e. The van der Waals surface area contributed by atoms with Crippen LogP contribution in [0.1, 0.15) is 0 Å². The Balaban J connectivity index is 2.10. The molecule has 4 heteroatoms. The zero-order chi connectivity index (χ0) is 11.1. The fourth-order valence-corrected chi connectivity index (χ4v) is 2.93. The molecule has 0 amide bonds. The van der Waals surface area contributed by atoms with E-state index in [9.17, 15) is 0 Å². The summed E-state index contributed by atoms with van der Waals surface area (Å²) in [6.45, 7) is 0. The zero-order valence-electron chi connectivity index (χ0n) is 8.13. The average molecular weight is 268 g/mol. The molecule has 2 aromatic rings. The molecular formula is C12H7Cl2NS. The molecule has 1 aliphatic rings. The van der Waals surface area contributed by atoms with Crippen LogP contribution >= 0.6 is 35.0 Å². The van der Waals surface area contributed by atoms with Gasteiger partial charge >= 0.3 is 0 Å². The molecule has 1 heterocycles. The molecule has 0 saturated carbocycles. The van der Waals surface area contributed by atoms with Gasteiger partial charge in [0.15, 0.2) is 0 Å². The normalized spacial score (nSPS) is 12.6. The molecule has 0 atom stereocenters. The standard InChI is InChI=1S/C12H7Cl2NS/c13-7-1-3-11-9(5-7)15-10-6-8(14)2-4-12(10)16-11/h1-6,15H. The van der Waals surface area contributed by atoms with Crippen molar-refractivity contribution in [1.29, 1.82) is 0 Å². The summed E-state index contributed by atoms with van der Waals surface area (Å²) in [5.74, 6) is 0. The van der Waals surface area contributed by atoms with Crippen molar-refractivity contribution in [3.63, 3.8) is 0 Å². The SMILES string of the molecule is Clc1ccc2c(c1)Nc1cc(Cl)ccc1S2. The first-order valence-electron chi connectivity index (χ1n) is 4.76. The van der Waals surface area contributed by atoms with Crippen LogP contribution in [0.15, 0.2) is 46.2 Å². The van der Waals surface area contributed by atoms with Crippen LogP contribution in [-0.2, 0) is 0 Å². The molecule has 16 heavy (non-hydrogen) atoms. The third kappa shape index (κ3) is 1.77. The molecule has 0 aromatic heterocycles. The molecule has 0 spiro atoms. The lowest BCUT2D eigenvalue weighted by Gasteiger charge is -2.20. The number of rotatable bonds is 0. The minimum absolute atomic E-state index is 0.734. The van der Waals surface area contributed by atoms with Crippen molar-refractivity contribution in [3.05, 3.63) is 46.4 Å². The molecule has 0 saturated heterocycles. The van der Waals surface area contributed by atoms with E-state index in [2.05, 4.69) is 5.32 Å². The minimum atomic E-state index is 0.734. The summed E-state index contributed by atoms with van der Waals surface area (Å²) in [6, 6.07) is 11.7. The summed E-state index contributed by atoms with van der Waals surface area (Å²) >= 11 is 13.6. The number of hydrogen-bond acceptors (Lipinski definition) is 2. The van der Waals surface area contributed by atoms with Crippen LogP contribution in [0.4, 0.5) is 11.4 Å². The van der Waals surface area contributed by atoms with Crippen LogP contribution < -0.4 is 5.32 Å². The van der Waals surface area contributed by atoms with E-state index < -0.39 is 0 Å². The molecule has 2 aromatic carbocycles. The van der Waals surface area contributed by atoms with Gasteiger partial charge in [0.05, 0.1) is 11.4 Å². The summed E-state index contributed by atoms with van der Waals surface area (Å²) in [7, 11) is 0. The molecule has 0 unspecified atom stereocenters. The third-order valence-corrected chi connectivity index (χ3v) is 3.99. The predicted molar refractivity (Wildman–Crippen MR) is 70.3 cm³/mol. The highest BCUT2D eigenvalue weighted by atomic mass is 35.5. The van der Waals surface area contributed by atoms with E-state index in [0.29, 0.717) is 0 Å². The van der Waals surface area contributed by atoms with E-state index >= 15 is 0 Å². The van der Waals surface area contributed by atoms with E-state index in [1.807, 2.05) is 36.4 Å². The van der Waals surface area contributed by atoms with Crippen molar-refractivity contribution < 1.29 is 0 Å². The lowest BCUT2D eigenvalue weighted by atomic mass is 10.2. The first kappa shape index (κ1) is 10.3. The van der Waals surface area contributed by atoms with Gasteiger partial charge in [-0.25, -0.2) is 0 Å². The maximum absolute atomic E-state index is 5.96. The van der Waals surface area contributed by atoms with Crippen LogP contribution in [-0.4, -0.2) is 0 Å². The molecule has 80 valence electrons. The van der Waals surface area contributed by atoms with E-state index in [1.165, 1.54) is 9.79 Å². The molecule has 0 radical (unpaired) electrons. The monoisotopic (exact) mass is 267 g/mol. The second-order valence-corrected chi connectivity index (χ2v) is 5.46. The Bertz CT molecular complexity index is 519. The zero-order valence-corrected chi connectivity index (χ0v) is 10.5. The Morgan fingerprint density at radius 2 is 1.31 bits per heavy atom.